The predicted octanol–water partition coefficient (Wildman–Crippen LogP) is 3.85. The predicted molar refractivity (Wildman–Crippen MR) is 92.4 cm³/mol. The van der Waals surface area contributed by atoms with E-state index in [4.69, 9.17) is 4.74 Å². The van der Waals surface area contributed by atoms with Gasteiger partial charge >= 0.3 is 5.97 Å². The molecular formula is C19H24N2O3. The van der Waals surface area contributed by atoms with Crippen LogP contribution >= 0.6 is 0 Å². The Bertz CT molecular complexity index is 775. The van der Waals surface area contributed by atoms with Gasteiger partial charge in [-0.25, -0.2) is 4.79 Å². The molecule has 5 heteroatoms. The van der Waals surface area contributed by atoms with E-state index in [2.05, 4.69) is 17.1 Å². The van der Waals surface area contributed by atoms with E-state index >= 15 is 0 Å². The highest BCUT2D eigenvalue weighted by Crippen LogP contribution is 2.24. The summed E-state index contributed by atoms with van der Waals surface area (Å²) in [6.07, 6.45) is 1.82. The number of hydrogen-bond donors (Lipinski definition) is 1. The van der Waals surface area contributed by atoms with Gasteiger partial charge in [0.2, 0.25) is 0 Å². The van der Waals surface area contributed by atoms with Crippen molar-refractivity contribution in [2.24, 2.45) is 0 Å². The quantitative estimate of drug-likeness (QED) is 0.646. The zero-order valence-corrected chi connectivity index (χ0v) is 14.9. The molecule has 0 saturated carbocycles. The van der Waals surface area contributed by atoms with E-state index in [0.717, 1.165) is 40.8 Å². The molecule has 0 fully saturated rings. The Balaban J connectivity index is 2.18. The minimum atomic E-state index is -0.461. The van der Waals surface area contributed by atoms with Gasteiger partial charge in [-0.2, -0.15) is 5.10 Å². The van der Waals surface area contributed by atoms with Crippen molar-refractivity contribution in [3.8, 4) is 0 Å². The molecule has 2 rings (SSSR count). The molecule has 1 aromatic carbocycles. The second-order valence-electron chi connectivity index (χ2n) is 6.15. The molecule has 5 nitrogen and oxygen atoms in total. The topological polar surface area (TPSA) is 72.1 Å². The number of carbonyl (C=O) groups excluding carboxylic acids is 2. The Morgan fingerprint density at radius 3 is 2.50 bits per heavy atom. The van der Waals surface area contributed by atoms with Crippen LogP contribution in [0.4, 0.5) is 0 Å². The van der Waals surface area contributed by atoms with Gasteiger partial charge in [0.25, 0.3) is 0 Å². The van der Waals surface area contributed by atoms with Crippen molar-refractivity contribution in [1.29, 1.82) is 0 Å². The number of nitrogens with one attached hydrogen (secondary N) is 1. The second kappa shape index (κ2) is 7.43. The molecule has 128 valence electrons. The van der Waals surface area contributed by atoms with Gasteiger partial charge in [0.1, 0.15) is 6.61 Å². The van der Waals surface area contributed by atoms with Gasteiger partial charge in [0.15, 0.2) is 11.5 Å². The first-order chi connectivity index (χ1) is 11.3. The molecule has 0 atom stereocenters. The summed E-state index contributed by atoms with van der Waals surface area (Å²) in [4.78, 5) is 24.0. The largest absolute Gasteiger partial charge is 0.456 e. The lowest BCUT2D eigenvalue weighted by Gasteiger charge is -2.15. The molecule has 0 bridgehead atoms. The molecule has 0 spiro atoms. The average molecular weight is 328 g/mol. The Hall–Kier alpha value is -2.43. The number of H-pyrrole nitrogens is 1. The molecule has 1 heterocycles. The van der Waals surface area contributed by atoms with Crippen LogP contribution in [0.25, 0.3) is 0 Å². The molecule has 0 radical (unpaired) electrons. The third kappa shape index (κ3) is 3.72. The summed E-state index contributed by atoms with van der Waals surface area (Å²) < 4.78 is 5.41. The molecule has 0 aliphatic heterocycles. The third-order valence-corrected chi connectivity index (χ3v) is 4.19. The van der Waals surface area contributed by atoms with E-state index in [0.29, 0.717) is 5.56 Å². The molecule has 0 aliphatic carbocycles. The SMILES string of the molecule is CCCc1cc(C(=O)OCc2c(C)cc(C)c(C(C)=O)c2C)n[nH]1. The van der Waals surface area contributed by atoms with Gasteiger partial charge in [0.05, 0.1) is 0 Å². The van der Waals surface area contributed by atoms with Crippen LogP contribution in [0, 0.1) is 20.8 Å². The van der Waals surface area contributed by atoms with Crippen LogP contribution < -0.4 is 0 Å². The number of aromatic nitrogens is 2. The highest BCUT2D eigenvalue weighted by atomic mass is 16.5. The van der Waals surface area contributed by atoms with Gasteiger partial charge in [-0.3, -0.25) is 9.89 Å². The first-order valence-electron chi connectivity index (χ1n) is 8.17. The third-order valence-electron chi connectivity index (χ3n) is 4.19. The van der Waals surface area contributed by atoms with E-state index in [9.17, 15) is 9.59 Å². The van der Waals surface area contributed by atoms with E-state index < -0.39 is 5.97 Å². The summed E-state index contributed by atoms with van der Waals surface area (Å²) in [7, 11) is 0. The van der Waals surface area contributed by atoms with Crippen molar-refractivity contribution in [3.05, 3.63) is 51.3 Å². The zero-order valence-electron chi connectivity index (χ0n) is 14.9. The molecular weight excluding hydrogens is 304 g/mol. The monoisotopic (exact) mass is 328 g/mol. The Morgan fingerprint density at radius 2 is 1.88 bits per heavy atom. The summed E-state index contributed by atoms with van der Waals surface area (Å²) >= 11 is 0. The molecule has 0 amide bonds. The fourth-order valence-corrected chi connectivity index (χ4v) is 3.07. The number of aromatic amines is 1. The lowest BCUT2D eigenvalue weighted by atomic mass is 9.92. The van der Waals surface area contributed by atoms with Crippen molar-refractivity contribution in [3.63, 3.8) is 0 Å². The fraction of sp³-hybridized carbons (Fsp3) is 0.421. The fourth-order valence-electron chi connectivity index (χ4n) is 3.07. The number of ether oxygens (including phenoxy) is 1. The van der Waals surface area contributed by atoms with Crippen molar-refractivity contribution < 1.29 is 14.3 Å². The standard InChI is InChI=1S/C19H24N2O3/c1-6-7-15-9-17(21-20-15)19(23)24-10-16-11(2)8-12(3)18(13(16)4)14(5)22/h8-9H,6-7,10H2,1-5H3,(H,20,21). The lowest BCUT2D eigenvalue weighted by molar-refractivity contribution is 0.0464. The number of esters is 1. The minimum Gasteiger partial charge on any atom is -0.456 e. The van der Waals surface area contributed by atoms with E-state index in [1.165, 1.54) is 0 Å². The number of nitrogens with zero attached hydrogens (tertiary/aromatic N) is 1. The average Bonchev–Trinajstić information content (AvgIpc) is 2.95. The van der Waals surface area contributed by atoms with Crippen LogP contribution in [-0.2, 0) is 17.8 Å². The first kappa shape index (κ1) is 17.9. The Kier molecular flexibility index (Phi) is 5.54. The van der Waals surface area contributed by atoms with Crippen LogP contribution in [0.3, 0.4) is 0 Å². The maximum atomic E-state index is 12.2. The molecule has 0 saturated heterocycles. The van der Waals surface area contributed by atoms with Gasteiger partial charge < -0.3 is 4.74 Å². The lowest BCUT2D eigenvalue weighted by Crippen LogP contribution is -2.10. The summed E-state index contributed by atoms with van der Waals surface area (Å²) in [5, 5.41) is 6.84. The number of Topliss-reactive ketones (excluding diaryl/α,β-unsaturated/α-hetero) is 1. The van der Waals surface area contributed by atoms with Gasteiger partial charge in [-0.1, -0.05) is 19.4 Å². The molecule has 2 aromatic rings. The molecule has 1 aromatic heterocycles. The number of hydrogen-bond acceptors (Lipinski definition) is 4. The van der Waals surface area contributed by atoms with Crippen LogP contribution in [0.1, 0.15) is 69.1 Å². The van der Waals surface area contributed by atoms with E-state index in [1.54, 1.807) is 13.0 Å². The molecule has 1 N–H and O–H groups in total. The smallest absolute Gasteiger partial charge is 0.359 e. The summed E-state index contributed by atoms with van der Waals surface area (Å²) in [6, 6.07) is 3.68. The number of aryl methyl sites for hydroxylation is 3. The van der Waals surface area contributed by atoms with Gasteiger partial charge in [-0.05, 0) is 62.4 Å². The van der Waals surface area contributed by atoms with Crippen molar-refractivity contribution in [2.45, 2.75) is 54.1 Å². The molecule has 24 heavy (non-hydrogen) atoms. The zero-order chi connectivity index (χ0) is 17.9. The second-order valence-corrected chi connectivity index (χ2v) is 6.15. The normalized spacial score (nSPS) is 10.7. The highest BCUT2D eigenvalue weighted by molar-refractivity contribution is 5.97. The number of ketones is 1. The summed E-state index contributed by atoms with van der Waals surface area (Å²) in [5.41, 5.74) is 5.63. The van der Waals surface area contributed by atoms with Gasteiger partial charge in [-0.15, -0.1) is 0 Å². The Morgan fingerprint density at radius 1 is 1.17 bits per heavy atom. The maximum Gasteiger partial charge on any atom is 0.359 e. The van der Waals surface area contributed by atoms with Crippen LogP contribution in [0.15, 0.2) is 12.1 Å². The van der Waals surface area contributed by atoms with E-state index in [-0.39, 0.29) is 18.1 Å². The number of benzene rings is 1. The van der Waals surface area contributed by atoms with Crippen molar-refractivity contribution in [1.82, 2.24) is 10.2 Å². The Labute approximate surface area is 142 Å². The van der Waals surface area contributed by atoms with Gasteiger partial charge in [0, 0.05) is 11.3 Å². The van der Waals surface area contributed by atoms with Crippen LogP contribution in [0.2, 0.25) is 0 Å². The van der Waals surface area contributed by atoms with Crippen molar-refractivity contribution >= 4 is 11.8 Å². The van der Waals surface area contributed by atoms with Crippen molar-refractivity contribution in [2.75, 3.05) is 0 Å². The highest BCUT2D eigenvalue weighted by Gasteiger charge is 2.17. The maximum absolute atomic E-state index is 12.2. The minimum absolute atomic E-state index is 0.0223. The molecule has 0 unspecified atom stereocenters. The molecule has 0 aliphatic rings. The van der Waals surface area contributed by atoms with E-state index in [1.807, 2.05) is 26.8 Å². The first-order valence-corrected chi connectivity index (χ1v) is 8.17. The van der Waals surface area contributed by atoms with Crippen LogP contribution in [-0.4, -0.2) is 21.9 Å². The summed E-state index contributed by atoms with van der Waals surface area (Å²) in [6.45, 7) is 9.53. The number of carbonyl (C=O) groups is 2. The number of rotatable bonds is 6. The summed E-state index contributed by atoms with van der Waals surface area (Å²) in [5.74, 6) is -0.438. The van der Waals surface area contributed by atoms with Crippen LogP contribution in [0.5, 0.6) is 0 Å².